The Morgan fingerprint density at radius 3 is 1.45 bits per heavy atom. The molecule has 2 heterocycles. The van der Waals surface area contributed by atoms with E-state index in [-0.39, 0.29) is 0 Å². The summed E-state index contributed by atoms with van der Waals surface area (Å²) >= 11 is 0. The summed E-state index contributed by atoms with van der Waals surface area (Å²) in [6, 6.07) is 36.9. The van der Waals surface area contributed by atoms with Gasteiger partial charge in [-0.2, -0.15) is 0 Å². The van der Waals surface area contributed by atoms with Crippen molar-refractivity contribution in [2.45, 2.75) is 27.7 Å². The van der Waals surface area contributed by atoms with Crippen LogP contribution in [0, 0.1) is 27.7 Å². The van der Waals surface area contributed by atoms with Gasteiger partial charge in [-0.1, -0.05) is 108 Å². The molecule has 0 saturated carbocycles. The molecule has 4 heteroatoms. The molecule has 6 aromatic rings. The second-order valence-corrected chi connectivity index (χ2v) is 9.30. The van der Waals surface area contributed by atoms with Crippen LogP contribution in [-0.2, 0) is 0 Å². The van der Waals surface area contributed by atoms with Crippen LogP contribution < -0.4 is 0 Å². The quantitative estimate of drug-likeness (QED) is 0.243. The highest BCUT2D eigenvalue weighted by molar-refractivity contribution is 5.79. The maximum Gasteiger partial charge on any atom is 0.227 e. The Morgan fingerprint density at radius 2 is 0.947 bits per heavy atom. The first kappa shape index (κ1) is 25.0. The van der Waals surface area contributed by atoms with Crippen molar-refractivity contribution >= 4 is 0 Å². The summed E-state index contributed by atoms with van der Waals surface area (Å²) in [6.07, 6.45) is 0. The van der Waals surface area contributed by atoms with E-state index in [9.17, 15) is 0 Å². The summed E-state index contributed by atoms with van der Waals surface area (Å²) in [6.45, 7) is 7.95. The predicted molar refractivity (Wildman–Crippen MR) is 154 cm³/mol. The van der Waals surface area contributed by atoms with Crippen LogP contribution in [0.4, 0.5) is 0 Å². The van der Waals surface area contributed by atoms with Gasteiger partial charge >= 0.3 is 0 Å². The van der Waals surface area contributed by atoms with Crippen molar-refractivity contribution in [3.05, 3.63) is 132 Å². The van der Waals surface area contributed by atoms with Crippen LogP contribution in [0.1, 0.15) is 22.8 Å². The monoisotopic (exact) mass is 498 g/mol. The first-order valence-electron chi connectivity index (χ1n) is 12.7. The Balaban J connectivity index is 0.000000190. The summed E-state index contributed by atoms with van der Waals surface area (Å²) in [5, 5.41) is 0. The van der Waals surface area contributed by atoms with Gasteiger partial charge in [-0.05, 0) is 32.9 Å². The molecule has 38 heavy (non-hydrogen) atoms. The fourth-order valence-electron chi connectivity index (χ4n) is 4.22. The van der Waals surface area contributed by atoms with Crippen LogP contribution in [0.15, 0.2) is 118 Å². The number of hydrogen-bond acceptors (Lipinski definition) is 4. The van der Waals surface area contributed by atoms with Crippen molar-refractivity contribution in [2.75, 3.05) is 0 Å². The Hall–Kier alpha value is -4.70. The van der Waals surface area contributed by atoms with Gasteiger partial charge < -0.3 is 8.83 Å². The van der Waals surface area contributed by atoms with Gasteiger partial charge in [-0.25, -0.2) is 9.97 Å². The van der Waals surface area contributed by atoms with Crippen LogP contribution in [0.3, 0.4) is 0 Å². The smallest absolute Gasteiger partial charge is 0.227 e. The average molecular weight is 499 g/mol. The molecule has 0 fully saturated rings. The number of benzene rings is 4. The summed E-state index contributed by atoms with van der Waals surface area (Å²) in [5.74, 6) is 3.05. The van der Waals surface area contributed by atoms with Crippen molar-refractivity contribution in [1.29, 1.82) is 0 Å². The van der Waals surface area contributed by atoms with Crippen molar-refractivity contribution in [3.63, 3.8) is 0 Å². The molecular weight excluding hydrogens is 468 g/mol. The molecule has 0 unspecified atom stereocenters. The van der Waals surface area contributed by atoms with Crippen LogP contribution >= 0.6 is 0 Å². The Labute approximate surface area is 223 Å². The second kappa shape index (κ2) is 11.1. The minimum absolute atomic E-state index is 0.648. The normalized spacial score (nSPS) is 10.6. The highest BCUT2D eigenvalue weighted by Crippen LogP contribution is 2.36. The van der Waals surface area contributed by atoms with E-state index in [2.05, 4.69) is 79.5 Å². The fourth-order valence-corrected chi connectivity index (χ4v) is 4.22. The predicted octanol–water partition coefficient (Wildman–Crippen LogP) is 9.25. The zero-order valence-electron chi connectivity index (χ0n) is 22.1. The minimum atomic E-state index is 0.648. The zero-order valence-corrected chi connectivity index (χ0v) is 22.1. The lowest BCUT2D eigenvalue weighted by molar-refractivity contribution is 0.495. The van der Waals surface area contributed by atoms with E-state index >= 15 is 0 Å². The van der Waals surface area contributed by atoms with Gasteiger partial charge in [-0.15, -0.1) is 0 Å². The fraction of sp³-hybridized carbons (Fsp3) is 0.118. The van der Waals surface area contributed by atoms with Crippen molar-refractivity contribution in [2.24, 2.45) is 0 Å². The molecule has 0 radical (unpaired) electrons. The van der Waals surface area contributed by atoms with Crippen LogP contribution in [0.5, 0.6) is 0 Å². The first-order chi connectivity index (χ1) is 18.5. The van der Waals surface area contributed by atoms with E-state index in [0.717, 1.165) is 51.1 Å². The maximum absolute atomic E-state index is 6.21. The zero-order chi connectivity index (χ0) is 26.5. The molecule has 0 bridgehead atoms. The topological polar surface area (TPSA) is 52.1 Å². The molecule has 0 atom stereocenters. The minimum Gasteiger partial charge on any atom is -0.446 e. The third kappa shape index (κ3) is 5.65. The third-order valence-electron chi connectivity index (χ3n) is 6.24. The standard InChI is InChI=1S/C23H19NO.C11H11NO/c1-16-8-12-19(13-9-16)22-21(18-6-4-3-5-7-18)24-23(25-22)20-14-10-17(2)11-15-20;1-8-11(12-9(2)13-8)10-6-4-3-5-7-10/h3-15H,1-2H3;3-7H,1-2H3. The van der Waals surface area contributed by atoms with Gasteiger partial charge in [0.05, 0.1) is 0 Å². The Kier molecular flexibility index (Phi) is 7.32. The molecule has 2 aromatic heterocycles. The number of oxazole rings is 2. The molecule has 0 aliphatic heterocycles. The highest BCUT2D eigenvalue weighted by Gasteiger charge is 2.17. The number of aromatic nitrogens is 2. The molecule has 0 spiro atoms. The Bertz CT molecular complexity index is 1610. The van der Waals surface area contributed by atoms with E-state index < -0.39 is 0 Å². The summed E-state index contributed by atoms with van der Waals surface area (Å²) in [7, 11) is 0. The van der Waals surface area contributed by atoms with Crippen LogP contribution in [0.25, 0.3) is 45.3 Å². The highest BCUT2D eigenvalue weighted by atomic mass is 16.4. The molecule has 0 aliphatic rings. The van der Waals surface area contributed by atoms with E-state index in [1.54, 1.807) is 0 Å². The lowest BCUT2D eigenvalue weighted by Crippen LogP contribution is -1.83. The summed E-state index contributed by atoms with van der Waals surface area (Å²) in [5.41, 5.74) is 8.45. The number of hydrogen-bond donors (Lipinski definition) is 0. The van der Waals surface area contributed by atoms with Crippen LogP contribution in [0.2, 0.25) is 0 Å². The molecule has 0 saturated heterocycles. The van der Waals surface area contributed by atoms with Gasteiger partial charge in [-0.3, -0.25) is 0 Å². The summed E-state index contributed by atoms with van der Waals surface area (Å²) in [4.78, 5) is 9.13. The number of nitrogens with zero attached hydrogens (tertiary/aromatic N) is 2. The maximum atomic E-state index is 6.21. The van der Waals surface area contributed by atoms with Crippen molar-refractivity contribution in [1.82, 2.24) is 9.97 Å². The molecule has 4 aromatic carbocycles. The van der Waals surface area contributed by atoms with E-state index in [1.807, 2.05) is 62.4 Å². The second-order valence-electron chi connectivity index (χ2n) is 9.30. The molecule has 0 aliphatic carbocycles. The SMILES string of the molecule is Cc1ccc(-c2nc(-c3ccccc3)c(-c3ccc(C)cc3)o2)cc1.Cc1nc(-c2ccccc2)c(C)o1. The van der Waals surface area contributed by atoms with Gasteiger partial charge in [0.1, 0.15) is 17.1 Å². The largest absolute Gasteiger partial charge is 0.446 e. The first-order valence-corrected chi connectivity index (χ1v) is 12.7. The molecule has 0 N–H and O–H groups in total. The number of rotatable bonds is 4. The van der Waals surface area contributed by atoms with Gasteiger partial charge in [0.15, 0.2) is 11.7 Å². The van der Waals surface area contributed by atoms with Gasteiger partial charge in [0.2, 0.25) is 5.89 Å². The van der Waals surface area contributed by atoms with Crippen molar-refractivity contribution in [3.8, 4) is 45.3 Å². The van der Waals surface area contributed by atoms with Crippen LogP contribution in [-0.4, -0.2) is 9.97 Å². The van der Waals surface area contributed by atoms with E-state index in [0.29, 0.717) is 5.89 Å². The molecule has 4 nitrogen and oxygen atoms in total. The van der Waals surface area contributed by atoms with Gasteiger partial charge in [0, 0.05) is 29.2 Å². The third-order valence-corrected chi connectivity index (χ3v) is 6.24. The van der Waals surface area contributed by atoms with Crippen molar-refractivity contribution < 1.29 is 8.83 Å². The average Bonchev–Trinajstić information content (AvgIpc) is 3.54. The molecule has 188 valence electrons. The molecular formula is C34H30N2O2. The lowest BCUT2D eigenvalue weighted by Gasteiger charge is -2.02. The van der Waals surface area contributed by atoms with E-state index in [1.165, 1.54) is 11.1 Å². The van der Waals surface area contributed by atoms with E-state index in [4.69, 9.17) is 13.8 Å². The van der Waals surface area contributed by atoms with Gasteiger partial charge in [0.25, 0.3) is 0 Å². The molecule has 0 amide bonds. The summed E-state index contributed by atoms with van der Waals surface area (Å²) < 4.78 is 11.6. The Morgan fingerprint density at radius 1 is 0.447 bits per heavy atom. The lowest BCUT2D eigenvalue weighted by atomic mass is 10.0. The molecule has 6 rings (SSSR count). The number of aryl methyl sites for hydroxylation is 4.